The highest BCUT2D eigenvalue weighted by Crippen LogP contribution is 2.22. The highest BCUT2D eigenvalue weighted by Gasteiger charge is 2.23. The van der Waals surface area contributed by atoms with Gasteiger partial charge in [-0.05, 0) is 39.7 Å². The largest absolute Gasteiger partial charge is 0.393 e. The second-order valence-corrected chi connectivity index (χ2v) is 5.78. The lowest BCUT2D eigenvalue weighted by atomic mass is 10.0. The molecule has 1 aliphatic rings. The number of aryl methyl sites for hydroxylation is 1. The van der Waals surface area contributed by atoms with Crippen LogP contribution in [0.15, 0.2) is 0 Å². The fourth-order valence-corrected chi connectivity index (χ4v) is 2.88. The van der Waals surface area contributed by atoms with Gasteiger partial charge in [-0.15, -0.1) is 10.2 Å². The van der Waals surface area contributed by atoms with Crippen molar-refractivity contribution in [1.82, 2.24) is 19.7 Å². The van der Waals surface area contributed by atoms with Gasteiger partial charge in [-0.3, -0.25) is 4.90 Å². The molecule has 1 saturated heterocycles. The summed E-state index contributed by atoms with van der Waals surface area (Å²) in [6, 6.07) is 0.472. The fourth-order valence-electron chi connectivity index (χ4n) is 2.88. The zero-order valence-corrected chi connectivity index (χ0v) is 12.3. The summed E-state index contributed by atoms with van der Waals surface area (Å²) < 4.78 is 2.06. The smallest absolute Gasteiger partial charge is 0.146 e. The van der Waals surface area contributed by atoms with E-state index in [2.05, 4.69) is 19.7 Å². The SMILES string of the molecule is Cc1nnc(CN2CCCCCC2CC(C)O)n1C. The van der Waals surface area contributed by atoms with Gasteiger partial charge in [0.15, 0.2) is 0 Å². The zero-order chi connectivity index (χ0) is 13.8. The summed E-state index contributed by atoms with van der Waals surface area (Å²) in [6.07, 6.45) is 5.62. The number of rotatable bonds is 4. The number of likely N-dealkylation sites (tertiary alicyclic amines) is 1. The van der Waals surface area contributed by atoms with Crippen molar-refractivity contribution in [2.45, 2.75) is 64.6 Å². The molecule has 1 fully saturated rings. The van der Waals surface area contributed by atoms with Crippen molar-refractivity contribution in [2.75, 3.05) is 6.54 Å². The van der Waals surface area contributed by atoms with Gasteiger partial charge in [-0.2, -0.15) is 0 Å². The molecule has 0 aliphatic carbocycles. The van der Waals surface area contributed by atoms with E-state index in [1.54, 1.807) is 0 Å². The molecule has 0 spiro atoms. The van der Waals surface area contributed by atoms with Gasteiger partial charge in [-0.1, -0.05) is 12.8 Å². The van der Waals surface area contributed by atoms with Crippen LogP contribution in [0.2, 0.25) is 0 Å². The van der Waals surface area contributed by atoms with Crippen molar-refractivity contribution in [1.29, 1.82) is 0 Å². The van der Waals surface area contributed by atoms with Crippen LogP contribution in [-0.2, 0) is 13.6 Å². The summed E-state index contributed by atoms with van der Waals surface area (Å²) in [7, 11) is 2.02. The van der Waals surface area contributed by atoms with Gasteiger partial charge in [0.25, 0.3) is 0 Å². The van der Waals surface area contributed by atoms with Gasteiger partial charge < -0.3 is 9.67 Å². The second kappa shape index (κ2) is 6.48. The van der Waals surface area contributed by atoms with E-state index >= 15 is 0 Å². The van der Waals surface area contributed by atoms with E-state index in [4.69, 9.17) is 0 Å². The second-order valence-electron chi connectivity index (χ2n) is 5.78. The Morgan fingerprint density at radius 3 is 2.74 bits per heavy atom. The predicted molar refractivity (Wildman–Crippen MR) is 74.7 cm³/mol. The van der Waals surface area contributed by atoms with Crippen molar-refractivity contribution < 1.29 is 5.11 Å². The summed E-state index contributed by atoms with van der Waals surface area (Å²) in [5.41, 5.74) is 0. The van der Waals surface area contributed by atoms with E-state index in [1.165, 1.54) is 25.7 Å². The first-order valence-corrected chi connectivity index (χ1v) is 7.35. The first kappa shape index (κ1) is 14.5. The molecule has 0 saturated carbocycles. The maximum atomic E-state index is 9.68. The quantitative estimate of drug-likeness (QED) is 0.900. The molecule has 1 N–H and O–H groups in total. The van der Waals surface area contributed by atoms with E-state index in [9.17, 15) is 5.11 Å². The zero-order valence-electron chi connectivity index (χ0n) is 12.3. The normalized spacial score (nSPS) is 23.3. The number of aliphatic hydroxyl groups is 1. The molecule has 2 heterocycles. The molecule has 2 rings (SSSR count). The number of nitrogens with zero attached hydrogens (tertiary/aromatic N) is 4. The van der Waals surface area contributed by atoms with Gasteiger partial charge in [0, 0.05) is 13.1 Å². The molecule has 108 valence electrons. The van der Waals surface area contributed by atoms with Crippen LogP contribution in [-0.4, -0.2) is 43.5 Å². The van der Waals surface area contributed by atoms with E-state index in [-0.39, 0.29) is 6.10 Å². The van der Waals surface area contributed by atoms with E-state index in [0.29, 0.717) is 6.04 Å². The minimum Gasteiger partial charge on any atom is -0.393 e. The van der Waals surface area contributed by atoms with Crippen molar-refractivity contribution >= 4 is 0 Å². The van der Waals surface area contributed by atoms with Crippen molar-refractivity contribution in [3.63, 3.8) is 0 Å². The summed E-state index contributed by atoms with van der Waals surface area (Å²) in [4.78, 5) is 2.48. The molecule has 0 amide bonds. The number of aromatic nitrogens is 3. The van der Waals surface area contributed by atoms with Crippen LogP contribution in [0, 0.1) is 6.92 Å². The molecule has 5 nitrogen and oxygen atoms in total. The molecule has 19 heavy (non-hydrogen) atoms. The third-order valence-corrected chi connectivity index (χ3v) is 4.14. The van der Waals surface area contributed by atoms with Gasteiger partial charge in [0.1, 0.15) is 11.6 Å². The van der Waals surface area contributed by atoms with E-state index in [0.717, 1.165) is 31.2 Å². The van der Waals surface area contributed by atoms with Crippen molar-refractivity contribution in [2.24, 2.45) is 7.05 Å². The fraction of sp³-hybridized carbons (Fsp3) is 0.857. The molecule has 2 unspecified atom stereocenters. The molecule has 5 heteroatoms. The maximum Gasteiger partial charge on any atom is 0.146 e. The van der Waals surface area contributed by atoms with Crippen LogP contribution in [0.1, 0.15) is 50.7 Å². The predicted octanol–water partition coefficient (Wildman–Crippen LogP) is 1.64. The third kappa shape index (κ3) is 3.76. The van der Waals surface area contributed by atoms with Gasteiger partial charge >= 0.3 is 0 Å². The third-order valence-electron chi connectivity index (χ3n) is 4.14. The maximum absolute atomic E-state index is 9.68. The molecule has 1 aromatic heterocycles. The summed E-state index contributed by atoms with van der Waals surface area (Å²) in [6.45, 7) is 5.81. The Labute approximate surface area is 115 Å². The van der Waals surface area contributed by atoms with Gasteiger partial charge in [-0.25, -0.2) is 0 Å². The molecule has 0 aromatic carbocycles. The topological polar surface area (TPSA) is 54.2 Å². The summed E-state index contributed by atoms with van der Waals surface area (Å²) >= 11 is 0. The van der Waals surface area contributed by atoms with E-state index in [1.807, 2.05) is 20.9 Å². The van der Waals surface area contributed by atoms with Gasteiger partial charge in [0.2, 0.25) is 0 Å². The van der Waals surface area contributed by atoms with Crippen LogP contribution >= 0.6 is 0 Å². The lowest BCUT2D eigenvalue weighted by Crippen LogP contribution is -2.37. The molecule has 2 atom stereocenters. The lowest BCUT2D eigenvalue weighted by molar-refractivity contribution is 0.106. The van der Waals surface area contributed by atoms with Crippen LogP contribution in [0.3, 0.4) is 0 Å². The highest BCUT2D eigenvalue weighted by molar-refractivity contribution is 4.93. The molecular weight excluding hydrogens is 240 g/mol. The summed E-state index contributed by atoms with van der Waals surface area (Å²) in [5, 5.41) is 18.1. The van der Waals surface area contributed by atoms with Crippen LogP contribution in [0.25, 0.3) is 0 Å². The molecule has 1 aromatic rings. The van der Waals surface area contributed by atoms with Gasteiger partial charge in [0.05, 0.1) is 12.6 Å². The Kier molecular flexibility index (Phi) is 4.93. The van der Waals surface area contributed by atoms with Crippen LogP contribution in [0.4, 0.5) is 0 Å². The van der Waals surface area contributed by atoms with E-state index < -0.39 is 0 Å². The van der Waals surface area contributed by atoms with Crippen LogP contribution in [0.5, 0.6) is 0 Å². The van der Waals surface area contributed by atoms with Crippen molar-refractivity contribution in [3.8, 4) is 0 Å². The Morgan fingerprint density at radius 1 is 1.32 bits per heavy atom. The van der Waals surface area contributed by atoms with Crippen molar-refractivity contribution in [3.05, 3.63) is 11.6 Å². The standard InChI is InChI=1S/C14H26N4O/c1-11(19)9-13-7-5-4-6-8-18(13)10-14-16-15-12(2)17(14)3/h11,13,19H,4-10H2,1-3H3. The molecular formula is C14H26N4O. The Morgan fingerprint density at radius 2 is 2.11 bits per heavy atom. The first-order valence-electron chi connectivity index (χ1n) is 7.35. The monoisotopic (exact) mass is 266 g/mol. The average Bonchev–Trinajstić information content (AvgIpc) is 2.56. The minimum absolute atomic E-state index is 0.230. The number of hydrogen-bond donors (Lipinski definition) is 1. The first-order chi connectivity index (χ1) is 9.08. The minimum atomic E-state index is -0.230. The highest BCUT2D eigenvalue weighted by atomic mass is 16.3. The number of hydrogen-bond acceptors (Lipinski definition) is 4. The summed E-state index contributed by atoms with van der Waals surface area (Å²) in [5.74, 6) is 1.98. The molecule has 0 bridgehead atoms. The Bertz CT molecular complexity index is 402. The lowest BCUT2D eigenvalue weighted by Gasteiger charge is -2.30. The van der Waals surface area contributed by atoms with Crippen LogP contribution < -0.4 is 0 Å². The molecule has 1 aliphatic heterocycles. The number of aliphatic hydroxyl groups excluding tert-OH is 1. The average molecular weight is 266 g/mol. The molecule has 0 radical (unpaired) electrons. The Hall–Kier alpha value is -0.940. The Balaban J connectivity index is 2.07.